The molecule has 0 aromatic heterocycles. The standard InChI is InChI=1S/C29H33FN4O3/c1-3-25-29(37)34(15-14-33(25)28(36)24(31)17-19-9-12-23(30)13-10-19)26(27(35)32-2)18-20-8-11-21-6-4-5-7-22(21)16-20/h4-13,16,24-26H,3,14-15,17-18,31H2,1-2H3,(H,32,35)/t24?,25-,26?/m0/s1. The van der Waals surface area contributed by atoms with Crippen LogP contribution < -0.4 is 11.1 Å². The zero-order valence-corrected chi connectivity index (χ0v) is 21.2. The topological polar surface area (TPSA) is 95.7 Å². The van der Waals surface area contributed by atoms with Crippen LogP contribution in [0.5, 0.6) is 0 Å². The van der Waals surface area contributed by atoms with Gasteiger partial charge in [-0.15, -0.1) is 0 Å². The zero-order chi connectivity index (χ0) is 26.5. The fourth-order valence-electron chi connectivity index (χ4n) is 5.05. The fraction of sp³-hybridized carbons (Fsp3) is 0.345. The van der Waals surface area contributed by atoms with Crippen molar-refractivity contribution in [1.82, 2.24) is 15.1 Å². The molecule has 194 valence electrons. The molecule has 1 heterocycles. The smallest absolute Gasteiger partial charge is 0.246 e. The number of piperazine rings is 1. The van der Waals surface area contributed by atoms with E-state index in [0.717, 1.165) is 21.9 Å². The number of rotatable bonds is 8. The SMILES string of the molecule is CC[C@H]1C(=O)N(C(Cc2ccc3ccccc3c2)C(=O)NC)CCN1C(=O)C(N)Cc1ccc(F)cc1. The Labute approximate surface area is 216 Å². The van der Waals surface area contributed by atoms with E-state index >= 15 is 0 Å². The Morgan fingerprint density at radius 2 is 1.68 bits per heavy atom. The van der Waals surface area contributed by atoms with Crippen molar-refractivity contribution in [2.45, 2.75) is 44.3 Å². The van der Waals surface area contributed by atoms with Crippen LogP contribution in [0.4, 0.5) is 4.39 Å². The largest absolute Gasteiger partial charge is 0.357 e. The Morgan fingerprint density at radius 3 is 2.35 bits per heavy atom. The average Bonchev–Trinajstić information content (AvgIpc) is 2.92. The van der Waals surface area contributed by atoms with E-state index in [1.165, 1.54) is 17.0 Å². The molecular weight excluding hydrogens is 471 g/mol. The van der Waals surface area contributed by atoms with Gasteiger partial charge in [-0.25, -0.2) is 4.39 Å². The summed E-state index contributed by atoms with van der Waals surface area (Å²) in [4.78, 5) is 42.9. The van der Waals surface area contributed by atoms with Crippen LogP contribution in [0.3, 0.4) is 0 Å². The van der Waals surface area contributed by atoms with Crippen LogP contribution in [0.1, 0.15) is 24.5 Å². The minimum atomic E-state index is -0.855. The van der Waals surface area contributed by atoms with Gasteiger partial charge in [-0.2, -0.15) is 0 Å². The normalized spacial score (nSPS) is 17.5. The Hall–Kier alpha value is -3.78. The summed E-state index contributed by atoms with van der Waals surface area (Å²) in [5.74, 6) is -1.18. The van der Waals surface area contributed by atoms with E-state index in [-0.39, 0.29) is 43.0 Å². The lowest BCUT2D eigenvalue weighted by atomic mass is 9.97. The van der Waals surface area contributed by atoms with E-state index in [1.807, 2.05) is 49.4 Å². The van der Waals surface area contributed by atoms with E-state index in [4.69, 9.17) is 5.73 Å². The number of halogens is 1. The van der Waals surface area contributed by atoms with Gasteiger partial charge < -0.3 is 20.9 Å². The first-order chi connectivity index (χ1) is 17.8. The van der Waals surface area contributed by atoms with Crippen molar-refractivity contribution in [1.29, 1.82) is 0 Å². The van der Waals surface area contributed by atoms with Gasteiger partial charge in [-0.1, -0.05) is 61.5 Å². The van der Waals surface area contributed by atoms with E-state index in [0.29, 0.717) is 12.8 Å². The van der Waals surface area contributed by atoms with Crippen LogP contribution >= 0.6 is 0 Å². The molecule has 37 heavy (non-hydrogen) atoms. The molecule has 2 unspecified atom stereocenters. The number of fused-ring (bicyclic) bond motifs is 1. The molecule has 1 fully saturated rings. The predicted molar refractivity (Wildman–Crippen MR) is 141 cm³/mol. The molecule has 1 aliphatic rings. The van der Waals surface area contributed by atoms with Gasteiger partial charge in [-0.05, 0) is 46.9 Å². The highest BCUT2D eigenvalue weighted by Gasteiger charge is 2.41. The van der Waals surface area contributed by atoms with Gasteiger partial charge >= 0.3 is 0 Å². The molecule has 4 rings (SSSR count). The van der Waals surface area contributed by atoms with Gasteiger partial charge in [0.1, 0.15) is 17.9 Å². The number of hydrogen-bond acceptors (Lipinski definition) is 4. The summed E-state index contributed by atoms with van der Waals surface area (Å²) >= 11 is 0. The summed E-state index contributed by atoms with van der Waals surface area (Å²) in [5, 5.41) is 4.87. The highest BCUT2D eigenvalue weighted by atomic mass is 19.1. The molecule has 3 amide bonds. The van der Waals surface area contributed by atoms with Crippen molar-refractivity contribution in [2.24, 2.45) is 5.73 Å². The molecule has 7 nitrogen and oxygen atoms in total. The van der Waals surface area contributed by atoms with Gasteiger partial charge in [0, 0.05) is 26.6 Å². The summed E-state index contributed by atoms with van der Waals surface area (Å²) in [6.07, 6.45) is 1.01. The number of carbonyl (C=O) groups is 3. The first kappa shape index (κ1) is 26.3. The number of likely N-dealkylation sites (N-methyl/N-ethyl adjacent to an activating group) is 1. The second-order valence-corrected chi connectivity index (χ2v) is 9.44. The van der Waals surface area contributed by atoms with Crippen molar-refractivity contribution in [2.75, 3.05) is 20.1 Å². The Kier molecular flexibility index (Phi) is 8.18. The number of nitrogens with one attached hydrogen (secondary N) is 1. The first-order valence-electron chi connectivity index (χ1n) is 12.6. The summed E-state index contributed by atoms with van der Waals surface area (Å²) in [6.45, 7) is 2.36. The maximum absolute atomic E-state index is 13.6. The van der Waals surface area contributed by atoms with Crippen molar-refractivity contribution < 1.29 is 18.8 Å². The minimum absolute atomic E-state index is 0.232. The number of amides is 3. The minimum Gasteiger partial charge on any atom is -0.357 e. The Bertz CT molecular complexity index is 1280. The van der Waals surface area contributed by atoms with Crippen molar-refractivity contribution in [3.63, 3.8) is 0 Å². The first-order valence-corrected chi connectivity index (χ1v) is 12.6. The molecule has 0 bridgehead atoms. The summed E-state index contributed by atoms with van der Waals surface area (Å²) in [6, 6.07) is 17.6. The molecule has 0 spiro atoms. The maximum atomic E-state index is 13.6. The quantitative estimate of drug-likeness (QED) is 0.493. The summed E-state index contributed by atoms with van der Waals surface area (Å²) < 4.78 is 13.2. The predicted octanol–water partition coefficient (Wildman–Crippen LogP) is 2.66. The third-order valence-electron chi connectivity index (χ3n) is 7.05. The van der Waals surface area contributed by atoms with E-state index in [2.05, 4.69) is 5.32 Å². The van der Waals surface area contributed by atoms with Crippen LogP contribution in [0.2, 0.25) is 0 Å². The molecular formula is C29H33FN4O3. The summed E-state index contributed by atoms with van der Waals surface area (Å²) in [7, 11) is 1.56. The fourth-order valence-corrected chi connectivity index (χ4v) is 5.05. The number of benzene rings is 3. The number of hydrogen-bond donors (Lipinski definition) is 2. The van der Waals surface area contributed by atoms with E-state index < -0.39 is 18.1 Å². The zero-order valence-electron chi connectivity index (χ0n) is 21.2. The highest BCUT2D eigenvalue weighted by molar-refractivity contribution is 5.94. The van der Waals surface area contributed by atoms with Gasteiger partial charge in [0.05, 0.1) is 6.04 Å². The molecule has 3 aromatic rings. The van der Waals surface area contributed by atoms with E-state index in [1.54, 1.807) is 24.1 Å². The second-order valence-electron chi connectivity index (χ2n) is 9.44. The molecule has 0 radical (unpaired) electrons. The van der Waals surface area contributed by atoms with E-state index in [9.17, 15) is 18.8 Å². The molecule has 3 aromatic carbocycles. The molecule has 3 N–H and O–H groups in total. The van der Waals surface area contributed by atoms with Crippen LogP contribution in [0.25, 0.3) is 10.8 Å². The van der Waals surface area contributed by atoms with Gasteiger partial charge in [0.25, 0.3) is 0 Å². The maximum Gasteiger partial charge on any atom is 0.246 e. The lowest BCUT2D eigenvalue weighted by Crippen LogP contribution is -2.65. The van der Waals surface area contributed by atoms with Crippen LogP contribution in [-0.2, 0) is 27.2 Å². The Morgan fingerprint density at radius 1 is 1.00 bits per heavy atom. The second kappa shape index (κ2) is 11.5. The van der Waals surface area contributed by atoms with Crippen LogP contribution in [-0.4, -0.2) is 65.8 Å². The molecule has 3 atom stereocenters. The number of carbonyl (C=O) groups excluding carboxylic acids is 3. The number of nitrogens with two attached hydrogens (primary N) is 1. The Balaban J connectivity index is 1.51. The van der Waals surface area contributed by atoms with Gasteiger partial charge in [0.2, 0.25) is 17.7 Å². The van der Waals surface area contributed by atoms with Gasteiger partial charge in [0.15, 0.2) is 0 Å². The number of nitrogens with zero attached hydrogens (tertiary/aromatic N) is 2. The van der Waals surface area contributed by atoms with Crippen LogP contribution in [0, 0.1) is 5.82 Å². The van der Waals surface area contributed by atoms with Crippen LogP contribution in [0.15, 0.2) is 66.7 Å². The highest BCUT2D eigenvalue weighted by Crippen LogP contribution is 2.23. The molecule has 1 saturated heterocycles. The lowest BCUT2D eigenvalue weighted by molar-refractivity contribution is -0.156. The third-order valence-corrected chi connectivity index (χ3v) is 7.05. The average molecular weight is 505 g/mol. The van der Waals surface area contributed by atoms with Gasteiger partial charge in [-0.3, -0.25) is 14.4 Å². The summed E-state index contributed by atoms with van der Waals surface area (Å²) in [5.41, 5.74) is 7.92. The lowest BCUT2D eigenvalue weighted by Gasteiger charge is -2.43. The van der Waals surface area contributed by atoms with Crippen molar-refractivity contribution in [3.8, 4) is 0 Å². The van der Waals surface area contributed by atoms with Crippen molar-refractivity contribution in [3.05, 3.63) is 83.7 Å². The molecule has 1 aliphatic heterocycles. The monoisotopic (exact) mass is 504 g/mol. The molecule has 0 saturated carbocycles. The molecule has 0 aliphatic carbocycles. The third kappa shape index (κ3) is 5.80. The molecule has 8 heteroatoms. The van der Waals surface area contributed by atoms with Crippen molar-refractivity contribution >= 4 is 28.5 Å².